The van der Waals surface area contributed by atoms with Gasteiger partial charge in [-0.15, -0.1) is 0 Å². The van der Waals surface area contributed by atoms with E-state index in [9.17, 15) is 27.6 Å². The van der Waals surface area contributed by atoms with Gasteiger partial charge >= 0.3 is 12.1 Å². The first-order chi connectivity index (χ1) is 10.7. The second-order valence-electron chi connectivity index (χ2n) is 8.34. The van der Waals surface area contributed by atoms with E-state index in [1.54, 1.807) is 26.1 Å². The highest BCUT2D eigenvalue weighted by Crippen LogP contribution is 2.64. The number of aldehydes is 1. The molecule has 2 fully saturated rings. The third-order valence-electron chi connectivity index (χ3n) is 5.33. The van der Waals surface area contributed by atoms with Gasteiger partial charge in [0.05, 0.1) is 6.04 Å². The Hall–Kier alpha value is -1.60. The zero-order valence-electron chi connectivity index (χ0n) is 14.4. The fourth-order valence-corrected chi connectivity index (χ4v) is 3.76. The summed E-state index contributed by atoms with van der Waals surface area (Å²) >= 11 is 0. The smallest absolute Gasteiger partial charge is 0.336 e. The summed E-state index contributed by atoms with van der Waals surface area (Å²) in [6.45, 7) is 9.06. The number of carbonyl (C=O) groups excluding carboxylic acids is 3. The summed E-state index contributed by atoms with van der Waals surface area (Å²) in [4.78, 5) is 36.8. The van der Waals surface area contributed by atoms with Gasteiger partial charge in [0, 0.05) is 6.54 Å². The van der Waals surface area contributed by atoms with E-state index < -0.39 is 35.5 Å². The van der Waals surface area contributed by atoms with Crippen molar-refractivity contribution in [2.24, 2.45) is 22.7 Å². The highest BCUT2D eigenvalue weighted by atomic mass is 19.4. The molecule has 1 N–H and O–H groups in total. The standard InChI is InChI=1S/C16H23F3N2O3/c1-14(2,3)11(20-13(24)16(17,18)19)12(23)21-6-8-10(9(21)7-22)15(8,4)5/h7-11H,6H2,1-5H3,(H,20,24)/t8-,9+,10-,11+/m0/s1. The maximum atomic E-state index is 12.8. The molecule has 0 unspecified atom stereocenters. The van der Waals surface area contributed by atoms with Crippen molar-refractivity contribution >= 4 is 18.1 Å². The summed E-state index contributed by atoms with van der Waals surface area (Å²) in [5, 5.41) is 1.80. The van der Waals surface area contributed by atoms with Crippen LogP contribution in [0, 0.1) is 22.7 Å². The Balaban J connectivity index is 2.21. The van der Waals surface area contributed by atoms with E-state index in [0.717, 1.165) is 0 Å². The average molecular weight is 348 g/mol. The van der Waals surface area contributed by atoms with Crippen LogP contribution in [0.5, 0.6) is 0 Å². The third kappa shape index (κ3) is 3.02. The van der Waals surface area contributed by atoms with Gasteiger partial charge in [-0.3, -0.25) is 9.59 Å². The lowest BCUT2D eigenvalue weighted by atomic mass is 9.85. The van der Waals surface area contributed by atoms with E-state index in [1.807, 2.05) is 13.8 Å². The second kappa shape index (κ2) is 5.46. The van der Waals surface area contributed by atoms with Gasteiger partial charge in [0.15, 0.2) is 0 Å². The highest BCUT2D eigenvalue weighted by Gasteiger charge is 2.68. The van der Waals surface area contributed by atoms with Crippen molar-refractivity contribution in [2.75, 3.05) is 6.54 Å². The molecule has 0 aromatic rings. The maximum absolute atomic E-state index is 12.8. The number of carbonyl (C=O) groups is 3. The van der Waals surface area contributed by atoms with Crippen LogP contribution in [0.25, 0.3) is 0 Å². The lowest BCUT2D eigenvalue weighted by Gasteiger charge is -2.36. The van der Waals surface area contributed by atoms with Crippen LogP contribution < -0.4 is 5.32 Å². The van der Waals surface area contributed by atoms with Crippen LogP contribution in [0.4, 0.5) is 13.2 Å². The monoisotopic (exact) mass is 348 g/mol. The summed E-state index contributed by atoms with van der Waals surface area (Å²) in [6.07, 6.45) is -4.38. The zero-order chi connectivity index (χ0) is 18.7. The first-order valence-corrected chi connectivity index (χ1v) is 7.86. The fraction of sp³-hybridized carbons (Fsp3) is 0.812. The number of alkyl halides is 3. The van der Waals surface area contributed by atoms with Crippen LogP contribution in [-0.4, -0.2) is 47.8 Å². The highest BCUT2D eigenvalue weighted by molar-refractivity contribution is 5.92. The number of nitrogens with zero attached hydrogens (tertiary/aromatic N) is 1. The van der Waals surface area contributed by atoms with Gasteiger partial charge in [-0.2, -0.15) is 13.2 Å². The van der Waals surface area contributed by atoms with Crippen molar-refractivity contribution in [1.29, 1.82) is 0 Å². The molecular formula is C16H23F3N2O3. The van der Waals surface area contributed by atoms with Crippen molar-refractivity contribution in [3.8, 4) is 0 Å². The number of fused-ring (bicyclic) bond motifs is 1. The molecule has 136 valence electrons. The molecule has 0 aromatic carbocycles. The van der Waals surface area contributed by atoms with Gasteiger partial charge in [-0.05, 0) is 22.7 Å². The van der Waals surface area contributed by atoms with Crippen LogP contribution in [0.2, 0.25) is 0 Å². The Morgan fingerprint density at radius 3 is 2.21 bits per heavy atom. The number of hydrogen-bond acceptors (Lipinski definition) is 3. The van der Waals surface area contributed by atoms with E-state index in [1.165, 1.54) is 4.90 Å². The molecule has 0 radical (unpaired) electrons. The predicted molar refractivity (Wildman–Crippen MR) is 79.8 cm³/mol. The van der Waals surface area contributed by atoms with Gasteiger partial charge in [-0.25, -0.2) is 0 Å². The minimum absolute atomic E-state index is 0.0258. The normalized spacial score (nSPS) is 29.7. The number of amides is 2. The topological polar surface area (TPSA) is 66.5 Å². The quantitative estimate of drug-likeness (QED) is 0.791. The number of likely N-dealkylation sites (tertiary alicyclic amines) is 1. The van der Waals surface area contributed by atoms with Gasteiger partial charge in [0.2, 0.25) is 5.91 Å². The summed E-state index contributed by atoms with van der Waals surface area (Å²) in [5.41, 5.74) is -0.970. The lowest BCUT2D eigenvalue weighted by molar-refractivity contribution is -0.176. The number of hydrogen-bond donors (Lipinski definition) is 1. The molecule has 0 spiro atoms. The fourth-order valence-electron chi connectivity index (χ4n) is 3.76. The molecule has 8 heteroatoms. The van der Waals surface area contributed by atoms with Crippen molar-refractivity contribution in [2.45, 2.75) is 52.9 Å². The molecule has 0 aromatic heterocycles. The molecular weight excluding hydrogens is 325 g/mol. The average Bonchev–Trinajstić information content (AvgIpc) is 2.81. The number of nitrogens with one attached hydrogen (secondary N) is 1. The van der Waals surface area contributed by atoms with Crippen molar-refractivity contribution in [1.82, 2.24) is 10.2 Å². The Labute approximate surface area is 138 Å². The number of halogens is 3. The van der Waals surface area contributed by atoms with E-state index in [-0.39, 0.29) is 17.3 Å². The molecule has 2 amide bonds. The summed E-state index contributed by atoms with van der Waals surface area (Å²) in [7, 11) is 0. The first-order valence-electron chi connectivity index (χ1n) is 7.86. The molecule has 24 heavy (non-hydrogen) atoms. The van der Waals surface area contributed by atoms with E-state index >= 15 is 0 Å². The minimum atomic E-state index is -5.07. The van der Waals surface area contributed by atoms with Crippen LogP contribution in [-0.2, 0) is 14.4 Å². The van der Waals surface area contributed by atoms with Crippen LogP contribution in [0.15, 0.2) is 0 Å². The minimum Gasteiger partial charge on any atom is -0.336 e. The second-order valence-corrected chi connectivity index (χ2v) is 8.34. The van der Waals surface area contributed by atoms with Crippen molar-refractivity contribution in [3.63, 3.8) is 0 Å². The Kier molecular flexibility index (Phi) is 4.26. The summed E-state index contributed by atoms with van der Waals surface area (Å²) in [5.74, 6) is -2.60. The first kappa shape index (κ1) is 18.7. The predicted octanol–water partition coefficient (Wildman–Crippen LogP) is 1.76. The van der Waals surface area contributed by atoms with E-state index in [2.05, 4.69) is 0 Å². The Morgan fingerprint density at radius 1 is 1.25 bits per heavy atom. The zero-order valence-corrected chi connectivity index (χ0v) is 14.4. The number of piperidine rings is 1. The largest absolute Gasteiger partial charge is 0.471 e. The molecule has 1 aliphatic heterocycles. The van der Waals surface area contributed by atoms with E-state index in [0.29, 0.717) is 12.8 Å². The Morgan fingerprint density at radius 2 is 1.79 bits per heavy atom. The maximum Gasteiger partial charge on any atom is 0.471 e. The Bertz CT molecular complexity index is 566. The summed E-state index contributed by atoms with van der Waals surface area (Å²) in [6, 6.07) is -2.00. The SMILES string of the molecule is CC(C)(C)[C@H](NC(=O)C(F)(F)F)C(=O)N1C[C@H]2[C@@H]([C@H]1C=O)C2(C)C. The summed E-state index contributed by atoms with van der Waals surface area (Å²) < 4.78 is 37.7. The van der Waals surface area contributed by atoms with Crippen molar-refractivity contribution in [3.05, 3.63) is 0 Å². The molecule has 4 atom stereocenters. The molecule has 2 rings (SSSR count). The van der Waals surface area contributed by atoms with Crippen LogP contribution >= 0.6 is 0 Å². The lowest BCUT2D eigenvalue weighted by Crippen LogP contribution is -2.58. The van der Waals surface area contributed by atoms with E-state index in [4.69, 9.17) is 0 Å². The van der Waals surface area contributed by atoms with Gasteiger partial charge in [0.25, 0.3) is 0 Å². The van der Waals surface area contributed by atoms with Gasteiger partial charge in [-0.1, -0.05) is 34.6 Å². The van der Waals surface area contributed by atoms with Crippen LogP contribution in [0.1, 0.15) is 34.6 Å². The molecule has 2 aliphatic rings. The molecule has 1 saturated heterocycles. The third-order valence-corrected chi connectivity index (χ3v) is 5.33. The molecule has 1 aliphatic carbocycles. The van der Waals surface area contributed by atoms with Crippen molar-refractivity contribution < 1.29 is 27.6 Å². The van der Waals surface area contributed by atoms with Gasteiger partial charge < -0.3 is 15.0 Å². The molecule has 5 nitrogen and oxygen atoms in total. The molecule has 0 bridgehead atoms. The molecule has 1 saturated carbocycles. The molecule has 1 heterocycles. The van der Waals surface area contributed by atoms with Crippen LogP contribution in [0.3, 0.4) is 0 Å². The van der Waals surface area contributed by atoms with Gasteiger partial charge in [0.1, 0.15) is 12.3 Å². The number of rotatable bonds is 3.